The van der Waals surface area contributed by atoms with Crippen LogP contribution in [-0.2, 0) is 13.6 Å². The van der Waals surface area contributed by atoms with E-state index < -0.39 is 0 Å². The number of aromatic amines is 1. The Morgan fingerprint density at radius 1 is 1.14 bits per heavy atom. The lowest BCUT2D eigenvalue weighted by atomic mass is 10.1. The molecule has 146 valence electrons. The van der Waals surface area contributed by atoms with Crippen molar-refractivity contribution in [3.63, 3.8) is 0 Å². The van der Waals surface area contributed by atoms with Crippen LogP contribution in [0.5, 0.6) is 0 Å². The number of aromatic nitrogens is 4. The molecule has 1 fully saturated rings. The molecule has 8 nitrogen and oxygen atoms in total. The molecule has 1 aliphatic rings. The van der Waals surface area contributed by atoms with Gasteiger partial charge < -0.3 is 4.90 Å². The zero-order valence-corrected chi connectivity index (χ0v) is 16.2. The third kappa shape index (κ3) is 3.82. The van der Waals surface area contributed by atoms with Gasteiger partial charge >= 0.3 is 5.69 Å². The molecule has 8 heteroatoms. The number of H-pyrrole nitrogens is 1. The number of benzene rings is 1. The molecule has 4 rings (SSSR count). The summed E-state index contributed by atoms with van der Waals surface area (Å²) >= 11 is 0. The van der Waals surface area contributed by atoms with Crippen molar-refractivity contribution in [2.24, 2.45) is 7.05 Å². The van der Waals surface area contributed by atoms with Crippen molar-refractivity contribution in [1.82, 2.24) is 29.5 Å². The van der Waals surface area contributed by atoms with Crippen molar-refractivity contribution in [2.75, 3.05) is 26.2 Å². The normalized spacial score (nSPS) is 15.7. The molecule has 0 atom stereocenters. The maximum absolute atomic E-state index is 13.0. The highest BCUT2D eigenvalue weighted by Gasteiger charge is 2.21. The predicted octanol–water partition coefficient (Wildman–Crippen LogP) is 1.31. The Kier molecular flexibility index (Phi) is 4.95. The largest absolute Gasteiger partial charge is 0.343 e. The summed E-state index contributed by atoms with van der Waals surface area (Å²) in [5.74, 6) is 0.708. The summed E-state index contributed by atoms with van der Waals surface area (Å²) < 4.78 is 1.30. The van der Waals surface area contributed by atoms with Crippen LogP contribution in [0.3, 0.4) is 0 Å². The number of amides is 1. The standard InChI is InChI=1S/C20H24N6O2/c1-14-4-5-15-12-16(6-7-17(15)21-14)19(27)26-9-3-8-25(10-11-26)13-18-22-20(28)24(2)23-18/h4-7,12H,3,8-11,13H2,1-2H3,(H,22,23,28). The first-order valence-electron chi connectivity index (χ1n) is 9.51. The van der Waals surface area contributed by atoms with E-state index in [1.165, 1.54) is 4.68 Å². The highest BCUT2D eigenvalue weighted by atomic mass is 16.2. The molecule has 0 radical (unpaired) electrons. The minimum absolute atomic E-state index is 0.0515. The van der Waals surface area contributed by atoms with Crippen molar-refractivity contribution < 1.29 is 4.79 Å². The molecule has 0 saturated carbocycles. The molecular formula is C20H24N6O2. The van der Waals surface area contributed by atoms with Crippen molar-refractivity contribution in [1.29, 1.82) is 0 Å². The first kappa shape index (κ1) is 18.4. The average molecular weight is 380 g/mol. The van der Waals surface area contributed by atoms with Crippen LogP contribution in [0.2, 0.25) is 0 Å². The molecule has 0 spiro atoms. The fourth-order valence-electron chi connectivity index (χ4n) is 3.61. The fraction of sp³-hybridized carbons (Fsp3) is 0.400. The minimum Gasteiger partial charge on any atom is -0.337 e. The Bertz CT molecular complexity index is 1070. The third-order valence-electron chi connectivity index (χ3n) is 5.14. The molecule has 28 heavy (non-hydrogen) atoms. The minimum atomic E-state index is -0.206. The third-order valence-corrected chi connectivity index (χ3v) is 5.14. The summed E-state index contributed by atoms with van der Waals surface area (Å²) in [6, 6.07) is 9.66. The van der Waals surface area contributed by atoms with Crippen LogP contribution >= 0.6 is 0 Å². The maximum Gasteiger partial charge on any atom is 0.343 e. The number of nitrogens with one attached hydrogen (secondary N) is 1. The molecule has 1 amide bonds. The summed E-state index contributed by atoms with van der Waals surface area (Å²) in [6.45, 7) is 5.53. The highest BCUT2D eigenvalue weighted by Crippen LogP contribution is 2.17. The number of carbonyl (C=O) groups excluding carboxylic acids is 1. The van der Waals surface area contributed by atoms with Crippen LogP contribution in [0, 0.1) is 6.92 Å². The number of hydrogen-bond donors (Lipinski definition) is 1. The summed E-state index contributed by atoms with van der Waals surface area (Å²) in [4.78, 5) is 35.9. The lowest BCUT2D eigenvalue weighted by Crippen LogP contribution is -2.35. The number of aryl methyl sites for hydroxylation is 2. The van der Waals surface area contributed by atoms with E-state index in [0.29, 0.717) is 24.5 Å². The van der Waals surface area contributed by atoms with E-state index in [1.807, 2.05) is 42.2 Å². The van der Waals surface area contributed by atoms with Gasteiger partial charge in [-0.25, -0.2) is 9.48 Å². The monoisotopic (exact) mass is 380 g/mol. The Morgan fingerprint density at radius 3 is 2.79 bits per heavy atom. The number of nitrogens with zero attached hydrogens (tertiary/aromatic N) is 5. The van der Waals surface area contributed by atoms with Crippen LogP contribution in [0.15, 0.2) is 35.1 Å². The molecule has 0 aliphatic carbocycles. The molecule has 1 aliphatic heterocycles. The van der Waals surface area contributed by atoms with Crippen LogP contribution < -0.4 is 5.69 Å². The number of rotatable bonds is 3. The Hall–Kier alpha value is -3.00. The van der Waals surface area contributed by atoms with E-state index in [0.717, 1.165) is 42.7 Å². The van der Waals surface area contributed by atoms with Crippen LogP contribution in [0.4, 0.5) is 0 Å². The number of hydrogen-bond acceptors (Lipinski definition) is 5. The van der Waals surface area contributed by atoms with Crippen molar-refractivity contribution in [3.05, 3.63) is 57.9 Å². The van der Waals surface area contributed by atoms with Crippen molar-refractivity contribution >= 4 is 16.8 Å². The summed E-state index contributed by atoms with van der Waals surface area (Å²) in [7, 11) is 1.63. The Balaban J connectivity index is 1.44. The molecule has 1 N–H and O–H groups in total. The summed E-state index contributed by atoms with van der Waals surface area (Å²) in [5.41, 5.74) is 2.36. The van der Waals surface area contributed by atoms with Crippen LogP contribution in [0.25, 0.3) is 10.9 Å². The van der Waals surface area contributed by atoms with Gasteiger partial charge in [0.05, 0.1) is 12.1 Å². The lowest BCUT2D eigenvalue weighted by Gasteiger charge is -2.21. The quantitative estimate of drug-likeness (QED) is 0.740. The molecule has 3 heterocycles. The van der Waals surface area contributed by atoms with E-state index in [4.69, 9.17) is 0 Å². The molecule has 1 saturated heterocycles. The van der Waals surface area contributed by atoms with E-state index >= 15 is 0 Å². The zero-order chi connectivity index (χ0) is 19.7. The van der Waals surface area contributed by atoms with E-state index in [2.05, 4.69) is 20.0 Å². The van der Waals surface area contributed by atoms with E-state index in [-0.39, 0.29) is 11.6 Å². The van der Waals surface area contributed by atoms with Crippen molar-refractivity contribution in [3.8, 4) is 0 Å². The Morgan fingerprint density at radius 2 is 2.00 bits per heavy atom. The molecular weight excluding hydrogens is 356 g/mol. The maximum atomic E-state index is 13.0. The van der Waals surface area contributed by atoms with Gasteiger partial charge in [0.2, 0.25) is 0 Å². The smallest absolute Gasteiger partial charge is 0.337 e. The fourth-order valence-corrected chi connectivity index (χ4v) is 3.61. The predicted molar refractivity (Wildman–Crippen MR) is 106 cm³/mol. The van der Waals surface area contributed by atoms with Gasteiger partial charge in [0.1, 0.15) is 5.82 Å². The Labute approximate surface area is 162 Å². The molecule has 2 aromatic heterocycles. The van der Waals surface area contributed by atoms with Crippen molar-refractivity contribution in [2.45, 2.75) is 19.9 Å². The van der Waals surface area contributed by atoms with Gasteiger partial charge in [0.25, 0.3) is 5.91 Å². The zero-order valence-electron chi connectivity index (χ0n) is 16.2. The van der Waals surface area contributed by atoms with Gasteiger partial charge in [-0.3, -0.25) is 19.7 Å². The van der Waals surface area contributed by atoms with Gasteiger partial charge in [0, 0.05) is 49.9 Å². The van der Waals surface area contributed by atoms with E-state index in [9.17, 15) is 9.59 Å². The molecule has 3 aromatic rings. The van der Waals surface area contributed by atoms with Crippen LogP contribution in [-0.4, -0.2) is 61.6 Å². The SMILES string of the molecule is Cc1ccc2cc(C(=O)N3CCCN(Cc4nn(C)c(=O)[nH]4)CC3)ccc2n1. The van der Waals surface area contributed by atoms with Gasteiger partial charge in [0.15, 0.2) is 0 Å². The van der Waals surface area contributed by atoms with Crippen LogP contribution in [0.1, 0.15) is 28.3 Å². The highest BCUT2D eigenvalue weighted by molar-refractivity contribution is 5.98. The summed E-state index contributed by atoms with van der Waals surface area (Å²) in [5, 5.41) is 5.17. The first-order valence-corrected chi connectivity index (χ1v) is 9.51. The van der Waals surface area contributed by atoms with Gasteiger partial charge in [-0.15, -0.1) is 0 Å². The number of carbonyl (C=O) groups is 1. The first-order chi connectivity index (χ1) is 13.5. The number of fused-ring (bicyclic) bond motifs is 1. The second kappa shape index (κ2) is 7.55. The molecule has 0 bridgehead atoms. The van der Waals surface area contributed by atoms with Gasteiger partial charge in [-0.05, 0) is 37.6 Å². The van der Waals surface area contributed by atoms with Gasteiger partial charge in [-0.1, -0.05) is 6.07 Å². The van der Waals surface area contributed by atoms with E-state index in [1.54, 1.807) is 7.05 Å². The summed E-state index contributed by atoms with van der Waals surface area (Å²) in [6.07, 6.45) is 0.886. The molecule has 0 unspecified atom stereocenters. The second-order valence-corrected chi connectivity index (χ2v) is 7.28. The van der Waals surface area contributed by atoms with Gasteiger partial charge in [-0.2, -0.15) is 5.10 Å². The average Bonchev–Trinajstić information content (AvgIpc) is 2.86. The topological polar surface area (TPSA) is 87.1 Å². The number of pyridine rings is 1. The molecule has 1 aromatic carbocycles. The second-order valence-electron chi connectivity index (χ2n) is 7.28. The lowest BCUT2D eigenvalue weighted by molar-refractivity contribution is 0.0761.